The van der Waals surface area contributed by atoms with Crippen LogP contribution in [0.5, 0.6) is 0 Å². The molecule has 1 saturated carbocycles. The first-order valence-corrected chi connectivity index (χ1v) is 6.38. The van der Waals surface area contributed by atoms with Crippen LogP contribution in [0.3, 0.4) is 0 Å². The van der Waals surface area contributed by atoms with E-state index in [1.54, 1.807) is 0 Å². The Morgan fingerprint density at radius 2 is 2.13 bits per heavy atom. The van der Waals surface area contributed by atoms with Gasteiger partial charge in [0.25, 0.3) is 10.1 Å². The van der Waals surface area contributed by atoms with Gasteiger partial charge in [-0.3, -0.25) is 9.35 Å². The predicted octanol–water partition coefficient (Wildman–Crippen LogP) is 0.382. The Bertz CT molecular complexity index is 397. The first-order valence-electron chi connectivity index (χ1n) is 4.77. The zero-order valence-electron chi connectivity index (χ0n) is 8.00. The number of rotatable bonds is 3. The van der Waals surface area contributed by atoms with Crippen molar-refractivity contribution in [2.45, 2.75) is 18.9 Å². The lowest BCUT2D eigenvalue weighted by Crippen LogP contribution is -2.26. The van der Waals surface area contributed by atoms with Crippen LogP contribution in [0, 0.1) is 11.8 Å². The van der Waals surface area contributed by atoms with Gasteiger partial charge in [-0.05, 0) is 18.8 Å². The van der Waals surface area contributed by atoms with Gasteiger partial charge in [0.05, 0.1) is 0 Å². The lowest BCUT2D eigenvalue weighted by Gasteiger charge is -2.18. The fourth-order valence-corrected chi connectivity index (χ4v) is 2.58. The highest BCUT2D eigenvalue weighted by Gasteiger charge is 2.38. The van der Waals surface area contributed by atoms with Crippen LogP contribution in [0.25, 0.3) is 0 Å². The van der Waals surface area contributed by atoms with Crippen LogP contribution in [0.15, 0.2) is 12.2 Å². The quantitative estimate of drug-likeness (QED) is 0.432. The van der Waals surface area contributed by atoms with E-state index in [0.717, 1.165) is 12.8 Å². The van der Waals surface area contributed by atoms with Crippen molar-refractivity contribution in [3.8, 4) is 0 Å². The molecule has 0 heterocycles. The lowest BCUT2D eigenvalue weighted by atomic mass is 10.0. The zero-order chi connectivity index (χ0) is 11.1. The van der Waals surface area contributed by atoms with Crippen molar-refractivity contribution in [2.75, 3.05) is 5.75 Å². The highest BCUT2D eigenvalue weighted by Crippen LogP contribution is 2.40. The Kier molecular flexibility index (Phi) is 2.56. The van der Waals surface area contributed by atoms with Gasteiger partial charge < -0.3 is 4.74 Å². The highest BCUT2D eigenvalue weighted by molar-refractivity contribution is 7.86. The maximum absolute atomic E-state index is 11.1. The third-order valence-electron chi connectivity index (χ3n) is 2.80. The molecule has 0 spiro atoms. The largest absolute Gasteiger partial charge is 0.461 e. The summed E-state index contributed by atoms with van der Waals surface area (Å²) in [6.45, 7) is 0. The number of carbonyl (C=O) groups excluding carboxylic acids is 1. The number of hydrogen-bond acceptors (Lipinski definition) is 4. The Morgan fingerprint density at radius 3 is 2.60 bits per heavy atom. The number of carbonyl (C=O) groups is 1. The Morgan fingerprint density at radius 1 is 1.40 bits per heavy atom. The fourth-order valence-electron chi connectivity index (χ4n) is 2.22. The molecule has 2 bridgehead atoms. The number of hydrogen-bond donors (Lipinski definition) is 1. The summed E-state index contributed by atoms with van der Waals surface area (Å²) < 4.78 is 34.3. The van der Waals surface area contributed by atoms with E-state index in [2.05, 4.69) is 6.08 Å². The van der Waals surface area contributed by atoms with Crippen LogP contribution in [-0.4, -0.2) is 30.8 Å². The molecule has 15 heavy (non-hydrogen) atoms. The summed E-state index contributed by atoms with van der Waals surface area (Å²) in [6, 6.07) is 0. The minimum absolute atomic E-state index is 0.214. The van der Waals surface area contributed by atoms with Crippen LogP contribution in [0.2, 0.25) is 0 Å². The molecule has 5 nitrogen and oxygen atoms in total. The fraction of sp³-hybridized carbons (Fsp3) is 0.667. The van der Waals surface area contributed by atoms with Gasteiger partial charge in [0.2, 0.25) is 0 Å². The van der Waals surface area contributed by atoms with Crippen molar-refractivity contribution in [1.82, 2.24) is 0 Å². The molecule has 0 aromatic rings. The molecule has 3 unspecified atom stereocenters. The minimum atomic E-state index is -4.27. The summed E-state index contributed by atoms with van der Waals surface area (Å²) in [5.74, 6) is -1.15. The topological polar surface area (TPSA) is 80.7 Å². The van der Waals surface area contributed by atoms with Crippen molar-refractivity contribution in [3.63, 3.8) is 0 Å². The van der Waals surface area contributed by atoms with Gasteiger partial charge in [0.15, 0.2) is 5.75 Å². The van der Waals surface area contributed by atoms with E-state index in [9.17, 15) is 13.2 Å². The van der Waals surface area contributed by atoms with Crippen LogP contribution < -0.4 is 0 Å². The second kappa shape index (κ2) is 3.61. The van der Waals surface area contributed by atoms with Crippen molar-refractivity contribution in [1.29, 1.82) is 0 Å². The summed E-state index contributed by atoms with van der Waals surface area (Å²) in [7, 11) is -4.27. The molecular formula is C9H12O5S. The molecular weight excluding hydrogens is 220 g/mol. The van der Waals surface area contributed by atoms with Gasteiger partial charge in [-0.2, -0.15) is 8.42 Å². The van der Waals surface area contributed by atoms with Crippen molar-refractivity contribution in [2.24, 2.45) is 11.8 Å². The SMILES string of the molecule is O=C(CS(=O)(=O)O)OC1CC2C=CC1C2. The first kappa shape index (κ1) is 10.6. The minimum Gasteiger partial charge on any atom is -0.461 e. The summed E-state index contributed by atoms with van der Waals surface area (Å²) in [5.41, 5.74) is 0. The predicted molar refractivity (Wildman–Crippen MR) is 51.6 cm³/mol. The van der Waals surface area contributed by atoms with E-state index < -0.39 is 21.8 Å². The summed E-state index contributed by atoms with van der Waals surface area (Å²) in [6.07, 6.45) is 5.62. The highest BCUT2D eigenvalue weighted by atomic mass is 32.2. The third-order valence-corrected chi connectivity index (χ3v) is 3.40. The Hall–Kier alpha value is -0.880. The number of esters is 1. The van der Waals surface area contributed by atoms with E-state index in [1.807, 2.05) is 6.08 Å². The Labute approximate surface area is 87.9 Å². The van der Waals surface area contributed by atoms with Crippen LogP contribution in [-0.2, 0) is 19.6 Å². The van der Waals surface area contributed by atoms with Crippen LogP contribution >= 0.6 is 0 Å². The monoisotopic (exact) mass is 232 g/mol. The molecule has 0 amide bonds. The standard InChI is InChI=1S/C9H12O5S/c10-9(5-15(11,12)13)14-8-4-6-1-2-7(8)3-6/h1-2,6-8H,3-5H2,(H,11,12,13). The van der Waals surface area contributed by atoms with Crippen LogP contribution in [0.1, 0.15) is 12.8 Å². The first-order chi connectivity index (χ1) is 6.94. The molecule has 0 aliphatic heterocycles. The molecule has 2 aliphatic carbocycles. The smallest absolute Gasteiger partial charge is 0.323 e. The van der Waals surface area contributed by atoms with Crippen molar-refractivity contribution >= 4 is 16.1 Å². The van der Waals surface area contributed by atoms with E-state index in [0.29, 0.717) is 5.92 Å². The van der Waals surface area contributed by atoms with E-state index in [1.165, 1.54) is 0 Å². The molecule has 84 valence electrons. The molecule has 2 rings (SSSR count). The average molecular weight is 232 g/mol. The maximum atomic E-state index is 11.1. The van der Waals surface area contributed by atoms with Gasteiger partial charge in [-0.15, -0.1) is 0 Å². The normalized spacial score (nSPS) is 33.3. The molecule has 2 aliphatic rings. The van der Waals surface area contributed by atoms with E-state index >= 15 is 0 Å². The second-order valence-corrected chi connectivity index (χ2v) is 5.49. The molecule has 0 radical (unpaired) electrons. The molecule has 3 atom stereocenters. The van der Waals surface area contributed by atoms with Crippen LogP contribution in [0.4, 0.5) is 0 Å². The van der Waals surface area contributed by atoms with Crippen molar-refractivity contribution in [3.05, 3.63) is 12.2 Å². The molecule has 0 aromatic heterocycles. The lowest BCUT2D eigenvalue weighted by molar-refractivity contribution is -0.147. The van der Waals surface area contributed by atoms with E-state index in [-0.39, 0.29) is 12.0 Å². The zero-order valence-corrected chi connectivity index (χ0v) is 8.81. The van der Waals surface area contributed by atoms with Gasteiger partial charge in [-0.1, -0.05) is 12.2 Å². The number of ether oxygens (including phenoxy) is 1. The average Bonchev–Trinajstić information content (AvgIpc) is 2.60. The van der Waals surface area contributed by atoms with E-state index in [4.69, 9.17) is 9.29 Å². The van der Waals surface area contributed by atoms with Gasteiger partial charge in [0, 0.05) is 5.92 Å². The Balaban J connectivity index is 1.88. The van der Waals surface area contributed by atoms with Gasteiger partial charge in [0.1, 0.15) is 6.10 Å². The number of allylic oxidation sites excluding steroid dienone is 1. The number of fused-ring (bicyclic) bond motifs is 2. The summed E-state index contributed by atoms with van der Waals surface area (Å²) in [4.78, 5) is 11.1. The molecule has 0 aromatic carbocycles. The molecule has 6 heteroatoms. The molecule has 1 fully saturated rings. The van der Waals surface area contributed by atoms with Gasteiger partial charge in [-0.25, -0.2) is 0 Å². The third kappa shape index (κ3) is 2.57. The maximum Gasteiger partial charge on any atom is 0.323 e. The molecule has 1 N–H and O–H groups in total. The van der Waals surface area contributed by atoms with Gasteiger partial charge >= 0.3 is 5.97 Å². The second-order valence-electron chi connectivity index (χ2n) is 4.03. The molecule has 0 saturated heterocycles. The van der Waals surface area contributed by atoms with Crippen molar-refractivity contribution < 1.29 is 22.5 Å². The summed E-state index contributed by atoms with van der Waals surface area (Å²) in [5, 5.41) is 0. The summed E-state index contributed by atoms with van der Waals surface area (Å²) >= 11 is 0.